The third-order valence-corrected chi connectivity index (χ3v) is 10.00. The molecule has 3 fully saturated rings. The standard InChI is InChI=1S/C27H38O6Si/c1-16-12-19-20-9-11-27(33-34(5,6)7,23(31)15-32-17(2)28)26(20,4)14-22(30)24(19)25(3)10-8-18(29)13-21(16)25/h8,10,13,16,19-20,24H,9,11-12,14-15H2,1-7H3/t16-,19-,20-,24+,25-,26-,27-/m0/s1. The molecule has 6 nitrogen and oxygen atoms in total. The van der Waals surface area contributed by atoms with Crippen LogP contribution >= 0.6 is 0 Å². The maximum atomic E-state index is 14.0. The average molecular weight is 487 g/mol. The molecule has 0 N–H and O–H groups in total. The van der Waals surface area contributed by atoms with Crippen LogP contribution in [0.5, 0.6) is 0 Å². The Morgan fingerprint density at radius 2 is 1.85 bits per heavy atom. The van der Waals surface area contributed by atoms with Crippen molar-refractivity contribution in [1.82, 2.24) is 0 Å². The lowest BCUT2D eigenvalue weighted by molar-refractivity contribution is -0.169. The van der Waals surface area contributed by atoms with Gasteiger partial charge in [0, 0.05) is 30.1 Å². The quantitative estimate of drug-likeness (QED) is 0.422. The molecule has 0 aliphatic heterocycles. The lowest BCUT2D eigenvalue weighted by atomic mass is 9.45. The fourth-order valence-corrected chi connectivity index (χ4v) is 9.43. The highest BCUT2D eigenvalue weighted by molar-refractivity contribution is 6.70. The number of ether oxygens (including phenoxy) is 1. The van der Waals surface area contributed by atoms with Gasteiger partial charge in [-0.2, -0.15) is 0 Å². The summed E-state index contributed by atoms with van der Waals surface area (Å²) in [5.41, 5.74) is -1.20. The summed E-state index contributed by atoms with van der Waals surface area (Å²) in [6, 6.07) is 0. The second-order valence-corrected chi connectivity index (χ2v) is 16.8. The molecular weight excluding hydrogens is 448 g/mol. The molecule has 0 aromatic carbocycles. The number of hydrogen-bond donors (Lipinski definition) is 0. The molecule has 4 aliphatic carbocycles. The Balaban J connectivity index is 1.78. The first-order chi connectivity index (χ1) is 15.6. The predicted molar refractivity (Wildman–Crippen MR) is 130 cm³/mol. The molecule has 3 saturated carbocycles. The van der Waals surface area contributed by atoms with E-state index in [0.717, 1.165) is 18.4 Å². The van der Waals surface area contributed by atoms with Crippen molar-refractivity contribution in [3.63, 3.8) is 0 Å². The Kier molecular flexibility index (Phi) is 6.00. The van der Waals surface area contributed by atoms with E-state index in [1.807, 2.05) is 6.08 Å². The number of allylic oxidation sites excluding steroid dienone is 4. The number of fused-ring (bicyclic) bond motifs is 5. The second kappa shape index (κ2) is 8.09. The first-order valence-electron chi connectivity index (χ1n) is 12.5. The smallest absolute Gasteiger partial charge is 0.303 e. The minimum atomic E-state index is -2.20. The van der Waals surface area contributed by atoms with Crippen molar-refractivity contribution in [2.45, 2.75) is 78.6 Å². The van der Waals surface area contributed by atoms with Gasteiger partial charge >= 0.3 is 5.97 Å². The first-order valence-corrected chi connectivity index (χ1v) is 15.9. The van der Waals surface area contributed by atoms with E-state index in [2.05, 4.69) is 40.4 Å². The van der Waals surface area contributed by atoms with Crippen LogP contribution in [0, 0.1) is 34.5 Å². The molecule has 0 aromatic rings. The molecule has 34 heavy (non-hydrogen) atoms. The van der Waals surface area contributed by atoms with Crippen molar-refractivity contribution in [2.75, 3.05) is 6.61 Å². The van der Waals surface area contributed by atoms with Crippen molar-refractivity contribution in [2.24, 2.45) is 34.5 Å². The molecule has 7 heteroatoms. The summed E-state index contributed by atoms with van der Waals surface area (Å²) in [5.74, 6) is -0.361. The van der Waals surface area contributed by atoms with Gasteiger partial charge in [0.25, 0.3) is 0 Å². The summed E-state index contributed by atoms with van der Waals surface area (Å²) in [5, 5.41) is 0. The summed E-state index contributed by atoms with van der Waals surface area (Å²) in [6.07, 6.45) is 7.70. The number of Topliss-reactive ketones (excluding diaryl/α,β-unsaturated/α-hetero) is 2. The van der Waals surface area contributed by atoms with E-state index in [1.54, 1.807) is 12.2 Å². The number of esters is 1. The maximum absolute atomic E-state index is 14.0. The monoisotopic (exact) mass is 486 g/mol. The Morgan fingerprint density at radius 1 is 1.18 bits per heavy atom. The summed E-state index contributed by atoms with van der Waals surface area (Å²) in [6.45, 7) is 13.5. The van der Waals surface area contributed by atoms with Gasteiger partial charge in [-0.1, -0.05) is 32.4 Å². The van der Waals surface area contributed by atoms with Gasteiger partial charge in [-0.3, -0.25) is 19.2 Å². The minimum Gasteiger partial charge on any atom is -0.458 e. The molecule has 0 heterocycles. The fraction of sp³-hybridized carbons (Fsp3) is 0.704. The molecule has 0 amide bonds. The molecule has 4 rings (SSSR count). The number of rotatable bonds is 5. The Morgan fingerprint density at radius 3 is 2.47 bits per heavy atom. The van der Waals surface area contributed by atoms with Crippen molar-refractivity contribution in [3.05, 3.63) is 23.8 Å². The van der Waals surface area contributed by atoms with Gasteiger partial charge in [0.15, 0.2) is 20.7 Å². The zero-order valence-corrected chi connectivity index (χ0v) is 22.5. The second-order valence-electron chi connectivity index (χ2n) is 12.3. The number of carbonyl (C=O) groups is 4. The van der Waals surface area contributed by atoms with E-state index in [-0.39, 0.29) is 54.0 Å². The van der Waals surface area contributed by atoms with Gasteiger partial charge in [-0.15, -0.1) is 0 Å². The van der Waals surface area contributed by atoms with Crippen LogP contribution in [0.1, 0.15) is 53.4 Å². The van der Waals surface area contributed by atoms with E-state index < -0.39 is 30.7 Å². The summed E-state index contributed by atoms with van der Waals surface area (Å²) < 4.78 is 11.9. The van der Waals surface area contributed by atoms with Crippen LogP contribution in [0.15, 0.2) is 23.8 Å². The molecule has 0 saturated heterocycles. The lowest BCUT2D eigenvalue weighted by Gasteiger charge is -2.59. The average Bonchev–Trinajstić information content (AvgIpc) is 2.98. The van der Waals surface area contributed by atoms with E-state index in [9.17, 15) is 19.2 Å². The summed E-state index contributed by atoms with van der Waals surface area (Å²) >= 11 is 0. The van der Waals surface area contributed by atoms with Crippen molar-refractivity contribution in [1.29, 1.82) is 0 Å². The lowest BCUT2D eigenvalue weighted by Crippen LogP contribution is -2.64. The van der Waals surface area contributed by atoms with Crippen LogP contribution in [-0.4, -0.2) is 43.8 Å². The normalized spacial score (nSPS) is 41.3. The van der Waals surface area contributed by atoms with Crippen LogP contribution < -0.4 is 0 Å². The van der Waals surface area contributed by atoms with Crippen molar-refractivity contribution in [3.8, 4) is 0 Å². The van der Waals surface area contributed by atoms with Gasteiger partial charge in [-0.25, -0.2) is 0 Å². The highest BCUT2D eigenvalue weighted by atomic mass is 28.4. The van der Waals surface area contributed by atoms with E-state index >= 15 is 0 Å². The number of ketones is 3. The number of hydrogen-bond acceptors (Lipinski definition) is 6. The third-order valence-electron chi connectivity index (χ3n) is 9.04. The topological polar surface area (TPSA) is 86.7 Å². The molecule has 7 atom stereocenters. The Hall–Kier alpha value is -1.86. The van der Waals surface area contributed by atoms with Crippen LogP contribution in [0.25, 0.3) is 0 Å². The van der Waals surface area contributed by atoms with Crippen LogP contribution in [0.2, 0.25) is 19.6 Å². The molecule has 0 unspecified atom stereocenters. The SMILES string of the molecule is CC(=O)OCC(=O)[C@@]1(O[Si](C)(C)C)CC[C@H]2[C@@H]3C[C@H](C)C4=CC(=O)C=C[C@]4(C)[C@H]3C(=O)C[C@@]21C. The third kappa shape index (κ3) is 3.70. The predicted octanol–water partition coefficient (Wildman–Crippen LogP) is 4.44. The van der Waals surface area contributed by atoms with Gasteiger partial charge in [0.05, 0.1) is 0 Å². The Labute approximate surface area is 203 Å². The highest BCUT2D eigenvalue weighted by Crippen LogP contribution is 2.67. The van der Waals surface area contributed by atoms with Crippen LogP contribution in [0.3, 0.4) is 0 Å². The van der Waals surface area contributed by atoms with Crippen molar-refractivity contribution < 1.29 is 28.3 Å². The summed E-state index contributed by atoms with van der Waals surface area (Å²) in [7, 11) is -2.20. The highest BCUT2D eigenvalue weighted by Gasteiger charge is 2.70. The van der Waals surface area contributed by atoms with Gasteiger partial charge < -0.3 is 9.16 Å². The van der Waals surface area contributed by atoms with Crippen LogP contribution in [-0.2, 0) is 28.3 Å². The largest absolute Gasteiger partial charge is 0.458 e. The Bertz CT molecular complexity index is 1010. The minimum absolute atomic E-state index is 0.00893. The molecule has 0 spiro atoms. The zero-order valence-electron chi connectivity index (χ0n) is 21.5. The summed E-state index contributed by atoms with van der Waals surface area (Å²) in [4.78, 5) is 51.3. The van der Waals surface area contributed by atoms with Gasteiger partial charge in [-0.05, 0) is 68.8 Å². The molecular formula is C27H38O6Si. The molecule has 0 radical (unpaired) electrons. The number of carbonyl (C=O) groups excluding carboxylic acids is 4. The van der Waals surface area contributed by atoms with Gasteiger partial charge in [0.1, 0.15) is 11.4 Å². The fourth-order valence-electron chi connectivity index (χ4n) is 7.93. The molecule has 0 bridgehead atoms. The van der Waals surface area contributed by atoms with Crippen molar-refractivity contribution >= 4 is 31.6 Å². The first kappa shape index (κ1) is 25.2. The molecule has 186 valence electrons. The molecule has 0 aromatic heterocycles. The van der Waals surface area contributed by atoms with Gasteiger partial charge in [0.2, 0.25) is 5.78 Å². The van der Waals surface area contributed by atoms with E-state index in [0.29, 0.717) is 6.42 Å². The molecule has 4 aliphatic rings. The zero-order chi connectivity index (χ0) is 25.3. The van der Waals surface area contributed by atoms with Crippen LogP contribution in [0.4, 0.5) is 0 Å². The van der Waals surface area contributed by atoms with E-state index in [1.165, 1.54) is 6.92 Å². The maximum Gasteiger partial charge on any atom is 0.303 e. The van der Waals surface area contributed by atoms with E-state index in [4.69, 9.17) is 9.16 Å².